The molecule has 0 radical (unpaired) electrons. The summed E-state index contributed by atoms with van der Waals surface area (Å²) >= 11 is 0. The SMILES string of the molecule is CC[C@H](C)[C@@H]1O[C@]2(CC[C@@H]1C)C[C@H]1C[C@@H](C/C=C(\C)[C@H](O[C@@H]3C[C@H](OC)[C@H](O[C@@H]4C[C@H](OC)[C@H](O)[C@H](C)O4)[C@H](C)O3)[C@H](C)/C=C/C=C3\CO[C@@H]4[C@H](O)C(C)=C[C@H](C(=O)O1)[C@@]34O)O2. The topological polar surface area (TPSA) is 170 Å². The lowest BCUT2D eigenvalue weighted by molar-refractivity contribution is -0.340. The Morgan fingerprint density at radius 3 is 2.35 bits per heavy atom. The first-order valence-corrected chi connectivity index (χ1v) is 23.2. The predicted molar refractivity (Wildman–Crippen MR) is 227 cm³/mol. The molecule has 7 rings (SSSR count). The third-order valence-electron chi connectivity index (χ3n) is 14.9. The van der Waals surface area contributed by atoms with E-state index in [9.17, 15) is 20.1 Å². The molecule has 62 heavy (non-hydrogen) atoms. The van der Waals surface area contributed by atoms with E-state index in [0.717, 1.165) is 18.4 Å². The van der Waals surface area contributed by atoms with Gasteiger partial charge >= 0.3 is 5.97 Å². The largest absolute Gasteiger partial charge is 0.462 e. The van der Waals surface area contributed by atoms with Crippen LogP contribution >= 0.6 is 0 Å². The summed E-state index contributed by atoms with van der Waals surface area (Å²) in [4.78, 5) is 14.4. The first-order chi connectivity index (χ1) is 29.5. The highest BCUT2D eigenvalue weighted by Gasteiger charge is 2.60. The summed E-state index contributed by atoms with van der Waals surface area (Å²) in [6, 6.07) is 0. The smallest absolute Gasteiger partial charge is 0.316 e. The number of allylic oxidation sites excluding steroid dienone is 2. The van der Waals surface area contributed by atoms with Gasteiger partial charge in [-0.05, 0) is 69.1 Å². The fourth-order valence-corrected chi connectivity index (χ4v) is 11.0. The van der Waals surface area contributed by atoms with Crippen molar-refractivity contribution in [1.29, 1.82) is 0 Å². The minimum atomic E-state index is -1.82. The Bertz CT molecular complexity index is 1680. The van der Waals surface area contributed by atoms with E-state index in [1.807, 2.05) is 19.1 Å². The molecule has 0 unspecified atom stereocenters. The van der Waals surface area contributed by atoms with Crippen LogP contribution in [0.4, 0.5) is 0 Å². The molecule has 350 valence electrons. The van der Waals surface area contributed by atoms with E-state index in [4.69, 9.17) is 47.4 Å². The Morgan fingerprint density at radius 2 is 1.63 bits per heavy atom. The highest BCUT2D eigenvalue weighted by molar-refractivity contribution is 5.78. The second kappa shape index (κ2) is 19.8. The van der Waals surface area contributed by atoms with Gasteiger partial charge in [-0.1, -0.05) is 64.5 Å². The van der Waals surface area contributed by atoms with Gasteiger partial charge in [0.2, 0.25) is 0 Å². The average Bonchev–Trinajstić information content (AvgIpc) is 3.58. The van der Waals surface area contributed by atoms with Crippen LogP contribution in [0.1, 0.15) is 107 Å². The zero-order chi connectivity index (χ0) is 44.7. The monoisotopic (exact) mass is 875 g/mol. The first-order valence-electron chi connectivity index (χ1n) is 23.2. The van der Waals surface area contributed by atoms with Crippen LogP contribution in [-0.2, 0) is 52.2 Å². The minimum Gasteiger partial charge on any atom is -0.462 e. The molecule has 5 fully saturated rings. The van der Waals surface area contributed by atoms with Crippen LogP contribution in [0.2, 0.25) is 0 Å². The number of hydrogen-bond donors (Lipinski definition) is 3. The molecule has 5 saturated heterocycles. The van der Waals surface area contributed by atoms with Crippen LogP contribution < -0.4 is 0 Å². The lowest BCUT2D eigenvalue weighted by Crippen LogP contribution is -2.58. The summed E-state index contributed by atoms with van der Waals surface area (Å²) in [6.07, 6.45) is 6.53. The van der Waals surface area contributed by atoms with Crippen molar-refractivity contribution >= 4 is 5.97 Å². The average molecular weight is 875 g/mol. The van der Waals surface area contributed by atoms with Crippen molar-refractivity contribution in [3.05, 3.63) is 47.1 Å². The molecule has 14 nitrogen and oxygen atoms in total. The Kier molecular flexibility index (Phi) is 15.3. The number of rotatable bonds is 8. The molecule has 6 aliphatic heterocycles. The summed E-state index contributed by atoms with van der Waals surface area (Å²) in [5, 5.41) is 34.2. The van der Waals surface area contributed by atoms with E-state index < -0.39 is 90.8 Å². The van der Waals surface area contributed by atoms with Gasteiger partial charge in [-0.15, -0.1) is 0 Å². The Hall–Kier alpha value is -2.05. The molecule has 0 amide bonds. The highest BCUT2D eigenvalue weighted by atomic mass is 16.7. The van der Waals surface area contributed by atoms with Crippen molar-refractivity contribution < 1.29 is 67.5 Å². The van der Waals surface area contributed by atoms with Gasteiger partial charge in [-0.2, -0.15) is 0 Å². The molecule has 1 aliphatic carbocycles. The van der Waals surface area contributed by atoms with Crippen molar-refractivity contribution in [1.82, 2.24) is 0 Å². The van der Waals surface area contributed by atoms with Crippen LogP contribution in [0, 0.1) is 23.7 Å². The van der Waals surface area contributed by atoms with E-state index in [0.29, 0.717) is 61.5 Å². The molecule has 2 bridgehead atoms. The molecule has 6 heterocycles. The number of methoxy groups -OCH3 is 2. The van der Waals surface area contributed by atoms with Crippen LogP contribution in [-0.4, -0.2) is 139 Å². The maximum absolute atomic E-state index is 14.4. The number of esters is 1. The van der Waals surface area contributed by atoms with Crippen LogP contribution in [0.3, 0.4) is 0 Å². The Labute approximate surface area is 368 Å². The maximum atomic E-state index is 14.4. The lowest BCUT2D eigenvalue weighted by Gasteiger charge is -2.51. The van der Waals surface area contributed by atoms with Gasteiger partial charge in [0.1, 0.15) is 42.0 Å². The van der Waals surface area contributed by atoms with Gasteiger partial charge < -0.3 is 62.7 Å². The Morgan fingerprint density at radius 1 is 0.919 bits per heavy atom. The lowest BCUT2D eigenvalue weighted by atomic mass is 9.71. The molecular weight excluding hydrogens is 801 g/mol. The third-order valence-corrected chi connectivity index (χ3v) is 14.9. The first kappa shape index (κ1) is 47.9. The molecule has 1 spiro atoms. The maximum Gasteiger partial charge on any atom is 0.316 e. The number of aliphatic hydroxyl groups excluding tert-OH is 2. The van der Waals surface area contributed by atoms with Crippen molar-refractivity contribution in [3.8, 4) is 0 Å². The summed E-state index contributed by atoms with van der Waals surface area (Å²) in [6.45, 7) is 16.3. The normalized spacial score (nSPS) is 49.4. The van der Waals surface area contributed by atoms with Crippen molar-refractivity contribution in [2.24, 2.45) is 23.7 Å². The van der Waals surface area contributed by atoms with Crippen molar-refractivity contribution in [2.45, 2.75) is 204 Å². The third kappa shape index (κ3) is 9.73. The molecule has 0 aromatic rings. The zero-order valence-corrected chi connectivity index (χ0v) is 38.5. The fourth-order valence-electron chi connectivity index (χ4n) is 11.0. The molecule has 14 heteroatoms. The summed E-state index contributed by atoms with van der Waals surface area (Å²) in [7, 11) is 3.23. The standard InChI is InChI=1S/C48H74O14/c1-11-25(2)43-28(5)17-18-47(62-43)23-34-20-33(61-47)16-15-27(4)42(26(3)13-12-14-32-24-55-45-40(49)29(6)19-35(46(51)58-34)48(32,45)52)59-39-22-37(54-10)44(31(8)57-39)60-38-21-36(53-9)41(50)30(7)56-38/h12-15,19,25-26,28,30-31,33-45,49-50,52H,11,16-18,20-24H2,1-10H3/b13-12+,27-15+,32-14+/t25-,26+,28-,30-,31-,33+,34+,35+,36-,37-,38+,39+,40+,41+,42+,43-,44+,45+,47+,48-/m0/s1. The van der Waals surface area contributed by atoms with E-state index in [1.165, 1.54) is 0 Å². The molecular formula is C48H74O14. The second-order valence-electron chi connectivity index (χ2n) is 19.4. The molecule has 20 atom stereocenters. The van der Waals surface area contributed by atoms with Crippen LogP contribution in [0.5, 0.6) is 0 Å². The Balaban J connectivity index is 1.18. The molecule has 0 aromatic heterocycles. The molecule has 0 saturated carbocycles. The molecule has 3 N–H and O–H groups in total. The van der Waals surface area contributed by atoms with Gasteiger partial charge in [-0.25, -0.2) is 0 Å². The number of hydrogen-bond acceptors (Lipinski definition) is 14. The van der Waals surface area contributed by atoms with Crippen molar-refractivity contribution in [2.75, 3.05) is 20.8 Å². The predicted octanol–water partition coefficient (Wildman–Crippen LogP) is 5.60. The zero-order valence-electron chi connectivity index (χ0n) is 38.5. The second-order valence-corrected chi connectivity index (χ2v) is 19.4. The number of aliphatic hydroxyl groups is 3. The summed E-state index contributed by atoms with van der Waals surface area (Å²) in [5.74, 6) is -2.10. The van der Waals surface area contributed by atoms with E-state index in [2.05, 4.69) is 40.7 Å². The van der Waals surface area contributed by atoms with Crippen molar-refractivity contribution in [3.63, 3.8) is 0 Å². The van der Waals surface area contributed by atoms with E-state index >= 15 is 0 Å². The van der Waals surface area contributed by atoms with Crippen LogP contribution in [0.25, 0.3) is 0 Å². The highest BCUT2D eigenvalue weighted by Crippen LogP contribution is 2.48. The van der Waals surface area contributed by atoms with Gasteiger partial charge in [-0.3, -0.25) is 4.79 Å². The minimum absolute atomic E-state index is 0.00708. The summed E-state index contributed by atoms with van der Waals surface area (Å²) < 4.78 is 63.9. The van der Waals surface area contributed by atoms with Gasteiger partial charge in [0.05, 0.1) is 49.3 Å². The number of carbonyl (C=O) groups is 1. The fraction of sp³-hybridized carbons (Fsp3) is 0.812. The molecule has 7 aliphatic rings. The van der Waals surface area contributed by atoms with E-state index in [1.54, 1.807) is 40.2 Å². The van der Waals surface area contributed by atoms with E-state index in [-0.39, 0.29) is 30.8 Å². The number of fused-ring (bicyclic) bond motifs is 2. The van der Waals surface area contributed by atoms with Gasteiger partial charge in [0.25, 0.3) is 0 Å². The number of carbonyl (C=O) groups excluding carboxylic acids is 1. The molecule has 0 aromatic carbocycles. The van der Waals surface area contributed by atoms with Crippen LogP contribution in [0.15, 0.2) is 47.1 Å². The van der Waals surface area contributed by atoms with Gasteiger partial charge in [0, 0.05) is 52.2 Å². The summed E-state index contributed by atoms with van der Waals surface area (Å²) in [5.41, 5.74) is 0.188. The quantitative estimate of drug-likeness (QED) is 0.204. The van der Waals surface area contributed by atoms with Gasteiger partial charge in [0.15, 0.2) is 18.4 Å². The number of ether oxygens (including phenoxy) is 10.